The van der Waals surface area contributed by atoms with Gasteiger partial charge >= 0.3 is 5.97 Å². The molecule has 0 saturated carbocycles. The highest BCUT2D eigenvalue weighted by Crippen LogP contribution is 2.29. The van der Waals surface area contributed by atoms with Gasteiger partial charge in [-0.05, 0) is 67.1 Å². The third-order valence-corrected chi connectivity index (χ3v) is 5.63. The van der Waals surface area contributed by atoms with Gasteiger partial charge in [0.05, 0.1) is 22.8 Å². The van der Waals surface area contributed by atoms with Gasteiger partial charge in [0.15, 0.2) is 6.61 Å². The maximum absolute atomic E-state index is 12.2. The lowest BCUT2D eigenvalue weighted by atomic mass is 10.2. The Kier molecular flexibility index (Phi) is 9.97. The van der Waals surface area contributed by atoms with Crippen LogP contribution in [0.15, 0.2) is 66.7 Å². The first-order valence-corrected chi connectivity index (χ1v) is 11.7. The Balaban J connectivity index is 1.34. The second-order valence-electron chi connectivity index (χ2n) is 7.51. The van der Waals surface area contributed by atoms with Gasteiger partial charge in [-0.3, -0.25) is 14.4 Å². The standard InChI is InChI=1S/C26H24Cl2N2O6/c1-34-18-12-14-20(15-13-18)36-19-10-8-17(9-11-19)29-23(31)6-3-7-25(33)35-16-24(32)30-22-5-2-4-21(27)26(22)28/h2,4-5,8-15H,3,6-7,16H2,1H3,(H,29,31)(H,30,32). The largest absolute Gasteiger partial charge is 0.497 e. The lowest BCUT2D eigenvalue weighted by molar-refractivity contribution is -0.147. The van der Waals surface area contributed by atoms with E-state index in [0.717, 1.165) is 5.75 Å². The summed E-state index contributed by atoms with van der Waals surface area (Å²) in [6.07, 6.45) is 0.377. The first kappa shape index (κ1) is 26.8. The SMILES string of the molecule is COc1ccc(Oc2ccc(NC(=O)CCCC(=O)OCC(=O)Nc3cccc(Cl)c3Cl)cc2)cc1. The Morgan fingerprint density at radius 3 is 2.08 bits per heavy atom. The van der Waals surface area contributed by atoms with Gasteiger partial charge in [-0.25, -0.2) is 0 Å². The van der Waals surface area contributed by atoms with Gasteiger partial charge in [0.1, 0.15) is 17.2 Å². The minimum absolute atomic E-state index is 0.00669. The Bertz CT molecular complexity index is 1200. The molecule has 10 heteroatoms. The van der Waals surface area contributed by atoms with E-state index in [1.54, 1.807) is 73.8 Å². The molecule has 0 bridgehead atoms. The monoisotopic (exact) mass is 530 g/mol. The molecular formula is C26H24Cl2N2O6. The fraction of sp³-hybridized carbons (Fsp3) is 0.192. The van der Waals surface area contributed by atoms with Gasteiger partial charge in [0.25, 0.3) is 5.91 Å². The van der Waals surface area contributed by atoms with E-state index in [9.17, 15) is 14.4 Å². The molecule has 0 heterocycles. The van der Waals surface area contributed by atoms with E-state index in [2.05, 4.69) is 10.6 Å². The minimum Gasteiger partial charge on any atom is -0.497 e. The summed E-state index contributed by atoms with van der Waals surface area (Å²) in [7, 11) is 1.59. The highest BCUT2D eigenvalue weighted by Gasteiger charge is 2.12. The van der Waals surface area contributed by atoms with Crippen molar-refractivity contribution < 1.29 is 28.6 Å². The van der Waals surface area contributed by atoms with Crippen LogP contribution in [0.3, 0.4) is 0 Å². The van der Waals surface area contributed by atoms with Gasteiger partial charge in [-0.2, -0.15) is 0 Å². The number of rotatable bonds is 11. The average molecular weight is 531 g/mol. The van der Waals surface area contributed by atoms with Crippen molar-refractivity contribution in [1.82, 2.24) is 0 Å². The molecule has 0 aliphatic heterocycles. The molecule has 3 aromatic rings. The van der Waals surface area contributed by atoms with E-state index in [0.29, 0.717) is 27.9 Å². The van der Waals surface area contributed by atoms with E-state index in [-0.39, 0.29) is 30.2 Å². The molecular weight excluding hydrogens is 507 g/mol. The Labute approximate surface area is 218 Å². The van der Waals surface area contributed by atoms with Crippen molar-refractivity contribution in [2.75, 3.05) is 24.4 Å². The van der Waals surface area contributed by atoms with Crippen LogP contribution in [0.25, 0.3) is 0 Å². The Hall–Kier alpha value is -3.75. The van der Waals surface area contributed by atoms with Crippen molar-refractivity contribution in [2.45, 2.75) is 19.3 Å². The maximum Gasteiger partial charge on any atom is 0.306 e. The van der Waals surface area contributed by atoms with Gasteiger partial charge in [0.2, 0.25) is 5.91 Å². The van der Waals surface area contributed by atoms with E-state index in [1.165, 1.54) is 0 Å². The van der Waals surface area contributed by atoms with Crippen LogP contribution < -0.4 is 20.1 Å². The molecule has 0 unspecified atom stereocenters. The molecule has 0 aromatic heterocycles. The number of hydrogen-bond acceptors (Lipinski definition) is 6. The molecule has 0 saturated heterocycles. The van der Waals surface area contributed by atoms with Crippen molar-refractivity contribution in [3.8, 4) is 17.2 Å². The molecule has 0 fully saturated rings. The lowest BCUT2D eigenvalue weighted by Crippen LogP contribution is -2.21. The Morgan fingerprint density at radius 1 is 0.778 bits per heavy atom. The maximum atomic E-state index is 12.2. The second kappa shape index (κ2) is 13.4. The van der Waals surface area contributed by atoms with Crippen molar-refractivity contribution in [3.63, 3.8) is 0 Å². The van der Waals surface area contributed by atoms with Crippen LogP contribution in [0, 0.1) is 0 Å². The first-order chi connectivity index (χ1) is 17.3. The van der Waals surface area contributed by atoms with Crippen molar-refractivity contribution in [2.24, 2.45) is 0 Å². The highest BCUT2D eigenvalue weighted by molar-refractivity contribution is 6.44. The highest BCUT2D eigenvalue weighted by atomic mass is 35.5. The molecule has 8 nitrogen and oxygen atoms in total. The van der Waals surface area contributed by atoms with E-state index >= 15 is 0 Å². The number of carbonyl (C=O) groups excluding carboxylic acids is 3. The molecule has 36 heavy (non-hydrogen) atoms. The average Bonchev–Trinajstić information content (AvgIpc) is 2.87. The summed E-state index contributed by atoms with van der Waals surface area (Å²) in [5.74, 6) is 0.617. The van der Waals surface area contributed by atoms with Gasteiger partial charge < -0.3 is 24.8 Å². The number of nitrogens with one attached hydrogen (secondary N) is 2. The van der Waals surface area contributed by atoms with Crippen LogP contribution in [-0.2, 0) is 19.1 Å². The van der Waals surface area contributed by atoms with Crippen LogP contribution in [0.1, 0.15) is 19.3 Å². The number of hydrogen-bond donors (Lipinski definition) is 2. The minimum atomic E-state index is -0.588. The fourth-order valence-electron chi connectivity index (χ4n) is 3.01. The molecule has 0 spiro atoms. The molecule has 3 rings (SSSR count). The van der Waals surface area contributed by atoms with Crippen LogP contribution in [0.5, 0.6) is 17.2 Å². The number of methoxy groups -OCH3 is 1. The van der Waals surface area contributed by atoms with Crippen molar-refractivity contribution in [3.05, 3.63) is 76.8 Å². The lowest BCUT2D eigenvalue weighted by Gasteiger charge is -2.09. The summed E-state index contributed by atoms with van der Waals surface area (Å²) in [6, 6.07) is 18.9. The number of anilines is 2. The molecule has 3 aromatic carbocycles. The van der Waals surface area contributed by atoms with Crippen molar-refractivity contribution in [1.29, 1.82) is 0 Å². The van der Waals surface area contributed by atoms with Crippen LogP contribution in [0.4, 0.5) is 11.4 Å². The van der Waals surface area contributed by atoms with Gasteiger partial charge in [-0.15, -0.1) is 0 Å². The van der Waals surface area contributed by atoms with E-state index in [4.69, 9.17) is 37.4 Å². The number of amides is 2. The van der Waals surface area contributed by atoms with Gasteiger partial charge in [0, 0.05) is 18.5 Å². The molecule has 0 radical (unpaired) electrons. The summed E-state index contributed by atoms with van der Waals surface area (Å²) in [5.41, 5.74) is 0.920. The molecule has 0 aliphatic carbocycles. The zero-order chi connectivity index (χ0) is 25.9. The molecule has 2 N–H and O–H groups in total. The van der Waals surface area contributed by atoms with Crippen LogP contribution in [0.2, 0.25) is 10.0 Å². The molecule has 2 amide bonds. The normalized spacial score (nSPS) is 10.3. The van der Waals surface area contributed by atoms with Crippen molar-refractivity contribution >= 4 is 52.4 Å². The number of carbonyl (C=O) groups is 3. The number of benzene rings is 3. The fourth-order valence-corrected chi connectivity index (χ4v) is 3.36. The third-order valence-electron chi connectivity index (χ3n) is 4.81. The van der Waals surface area contributed by atoms with Gasteiger partial charge in [-0.1, -0.05) is 29.3 Å². The number of ether oxygens (including phenoxy) is 3. The first-order valence-electron chi connectivity index (χ1n) is 11.0. The quantitative estimate of drug-likeness (QED) is 0.291. The second-order valence-corrected chi connectivity index (χ2v) is 8.30. The van der Waals surface area contributed by atoms with Crippen LogP contribution >= 0.6 is 23.2 Å². The summed E-state index contributed by atoms with van der Waals surface area (Å²) in [5, 5.41) is 5.77. The predicted molar refractivity (Wildman–Crippen MR) is 138 cm³/mol. The summed E-state index contributed by atoms with van der Waals surface area (Å²) < 4.78 is 15.8. The van der Waals surface area contributed by atoms with E-state index in [1.807, 2.05) is 0 Å². The van der Waals surface area contributed by atoms with E-state index < -0.39 is 18.5 Å². The summed E-state index contributed by atoms with van der Waals surface area (Å²) in [4.78, 5) is 36.0. The Morgan fingerprint density at radius 2 is 1.42 bits per heavy atom. The number of esters is 1. The predicted octanol–water partition coefficient (Wildman–Crippen LogP) is 6.09. The molecule has 0 atom stereocenters. The molecule has 188 valence electrons. The molecule has 0 aliphatic rings. The summed E-state index contributed by atoms with van der Waals surface area (Å²) >= 11 is 11.9. The third kappa shape index (κ3) is 8.48. The topological polar surface area (TPSA) is 103 Å². The summed E-state index contributed by atoms with van der Waals surface area (Å²) in [6.45, 7) is -0.473. The number of halogens is 2. The zero-order valence-electron chi connectivity index (χ0n) is 19.4. The zero-order valence-corrected chi connectivity index (χ0v) is 20.9. The van der Waals surface area contributed by atoms with Crippen LogP contribution in [-0.4, -0.2) is 31.5 Å². The smallest absolute Gasteiger partial charge is 0.306 e.